The summed E-state index contributed by atoms with van der Waals surface area (Å²) in [7, 11) is 0. The molecule has 0 atom stereocenters. The number of imidazole rings is 1. The van der Waals surface area contributed by atoms with Crippen molar-refractivity contribution in [3.8, 4) is 17.3 Å². The van der Waals surface area contributed by atoms with Crippen LogP contribution in [0.25, 0.3) is 16.9 Å². The predicted octanol–water partition coefficient (Wildman–Crippen LogP) is 4.30. The number of nitrogens with zero attached hydrogens (tertiary/aromatic N) is 3. The SMILES string of the molecule is N#CC1(c2ccc(-c3cccc4nc(NC(=O)CC5CC5)cn34)cc2)CC1. The van der Waals surface area contributed by atoms with Gasteiger partial charge in [0.1, 0.15) is 5.65 Å². The summed E-state index contributed by atoms with van der Waals surface area (Å²) in [6.45, 7) is 0. The van der Waals surface area contributed by atoms with Crippen molar-refractivity contribution >= 4 is 17.4 Å². The molecular weight excluding hydrogens is 336 g/mol. The topological polar surface area (TPSA) is 70.2 Å². The number of nitrogens with one attached hydrogen (secondary N) is 1. The van der Waals surface area contributed by atoms with E-state index in [1.165, 1.54) is 0 Å². The summed E-state index contributed by atoms with van der Waals surface area (Å²) in [5.41, 5.74) is 3.70. The average Bonchev–Trinajstić information content (AvgIpc) is 3.60. The minimum Gasteiger partial charge on any atom is -0.309 e. The first-order chi connectivity index (χ1) is 13.2. The van der Waals surface area contributed by atoms with Crippen LogP contribution in [0.5, 0.6) is 0 Å². The van der Waals surface area contributed by atoms with Crippen LogP contribution in [0.4, 0.5) is 5.82 Å². The molecule has 2 fully saturated rings. The molecule has 5 nitrogen and oxygen atoms in total. The molecule has 2 aromatic heterocycles. The lowest BCUT2D eigenvalue weighted by Gasteiger charge is -2.09. The van der Waals surface area contributed by atoms with Gasteiger partial charge in [-0.2, -0.15) is 5.26 Å². The molecule has 1 aromatic carbocycles. The number of fused-ring (bicyclic) bond motifs is 1. The molecule has 1 N–H and O–H groups in total. The number of carbonyl (C=O) groups excluding carboxylic acids is 1. The highest BCUT2D eigenvalue weighted by molar-refractivity contribution is 5.90. The smallest absolute Gasteiger partial charge is 0.225 e. The van der Waals surface area contributed by atoms with Gasteiger partial charge in [-0.3, -0.25) is 9.20 Å². The Kier molecular flexibility index (Phi) is 3.54. The Bertz CT molecular complexity index is 1070. The number of aromatic nitrogens is 2. The van der Waals surface area contributed by atoms with Crippen molar-refractivity contribution in [3.63, 3.8) is 0 Å². The molecule has 27 heavy (non-hydrogen) atoms. The number of nitriles is 1. The molecule has 2 heterocycles. The number of carbonyl (C=O) groups is 1. The lowest BCUT2D eigenvalue weighted by atomic mass is 9.96. The Labute approximate surface area is 157 Å². The van der Waals surface area contributed by atoms with E-state index in [0.717, 1.165) is 48.2 Å². The Balaban J connectivity index is 1.44. The van der Waals surface area contributed by atoms with Crippen LogP contribution in [0.2, 0.25) is 0 Å². The van der Waals surface area contributed by atoms with Gasteiger partial charge in [0, 0.05) is 6.42 Å². The van der Waals surface area contributed by atoms with Gasteiger partial charge in [0.25, 0.3) is 0 Å². The number of amides is 1. The Hall–Kier alpha value is -3.13. The molecule has 5 rings (SSSR count). The zero-order chi connectivity index (χ0) is 18.4. The second kappa shape index (κ2) is 5.95. The Morgan fingerprint density at radius 1 is 1.22 bits per heavy atom. The lowest BCUT2D eigenvalue weighted by molar-refractivity contribution is -0.116. The van der Waals surface area contributed by atoms with Crippen LogP contribution >= 0.6 is 0 Å². The molecule has 2 aliphatic carbocycles. The molecule has 0 saturated heterocycles. The lowest BCUT2D eigenvalue weighted by Crippen LogP contribution is -2.12. The monoisotopic (exact) mass is 356 g/mol. The van der Waals surface area contributed by atoms with Crippen molar-refractivity contribution in [2.45, 2.75) is 37.5 Å². The third kappa shape index (κ3) is 2.97. The van der Waals surface area contributed by atoms with Gasteiger partial charge in [-0.15, -0.1) is 0 Å². The largest absolute Gasteiger partial charge is 0.309 e. The van der Waals surface area contributed by atoms with E-state index in [1.807, 2.05) is 28.8 Å². The van der Waals surface area contributed by atoms with Crippen molar-refractivity contribution in [2.24, 2.45) is 5.92 Å². The maximum Gasteiger partial charge on any atom is 0.225 e. The number of benzene rings is 1. The van der Waals surface area contributed by atoms with Crippen molar-refractivity contribution in [1.29, 1.82) is 5.26 Å². The highest BCUT2D eigenvalue weighted by Gasteiger charge is 2.44. The second-order valence-corrected chi connectivity index (χ2v) is 7.73. The molecule has 0 unspecified atom stereocenters. The highest BCUT2D eigenvalue weighted by atomic mass is 16.1. The van der Waals surface area contributed by atoms with Gasteiger partial charge in [0.15, 0.2) is 5.82 Å². The number of rotatable bonds is 5. The molecule has 2 saturated carbocycles. The summed E-state index contributed by atoms with van der Waals surface area (Å²) in [6, 6.07) is 16.6. The van der Waals surface area contributed by atoms with Crippen LogP contribution in [-0.4, -0.2) is 15.3 Å². The van der Waals surface area contributed by atoms with Crippen LogP contribution in [0.3, 0.4) is 0 Å². The summed E-state index contributed by atoms with van der Waals surface area (Å²) in [5.74, 6) is 1.18. The van der Waals surface area contributed by atoms with E-state index in [9.17, 15) is 10.1 Å². The molecular formula is C22H20N4O. The summed E-state index contributed by atoms with van der Waals surface area (Å²) >= 11 is 0. The van der Waals surface area contributed by atoms with Crippen LogP contribution in [0, 0.1) is 17.2 Å². The van der Waals surface area contributed by atoms with E-state index in [0.29, 0.717) is 18.2 Å². The molecule has 134 valence electrons. The van der Waals surface area contributed by atoms with Crippen molar-refractivity contribution in [2.75, 3.05) is 5.32 Å². The summed E-state index contributed by atoms with van der Waals surface area (Å²) in [4.78, 5) is 16.6. The first-order valence-corrected chi connectivity index (χ1v) is 9.47. The third-order valence-corrected chi connectivity index (χ3v) is 5.63. The molecule has 5 heteroatoms. The van der Waals surface area contributed by atoms with Gasteiger partial charge in [-0.05, 0) is 54.9 Å². The zero-order valence-corrected chi connectivity index (χ0v) is 15.0. The standard InChI is InChI=1S/C22H20N4O/c23-14-22(10-11-22)17-8-6-16(7-9-17)18-2-1-3-20-24-19(13-26(18)20)25-21(27)12-15-4-5-15/h1-3,6-9,13,15H,4-5,10-12H2,(H,25,27). The van der Waals surface area contributed by atoms with Crippen LogP contribution in [0.1, 0.15) is 37.7 Å². The minimum absolute atomic E-state index is 0.0399. The number of hydrogen-bond acceptors (Lipinski definition) is 3. The summed E-state index contributed by atoms with van der Waals surface area (Å²) in [5, 5.41) is 12.3. The summed E-state index contributed by atoms with van der Waals surface area (Å²) < 4.78 is 2.00. The first kappa shape index (κ1) is 16.1. The molecule has 0 spiro atoms. The van der Waals surface area contributed by atoms with Gasteiger partial charge in [-0.1, -0.05) is 30.3 Å². The third-order valence-electron chi connectivity index (χ3n) is 5.63. The van der Waals surface area contributed by atoms with Gasteiger partial charge in [-0.25, -0.2) is 4.98 Å². The quantitative estimate of drug-likeness (QED) is 0.741. The fraction of sp³-hybridized carbons (Fsp3) is 0.318. The Morgan fingerprint density at radius 2 is 2.00 bits per heavy atom. The fourth-order valence-electron chi connectivity index (χ4n) is 3.63. The zero-order valence-electron chi connectivity index (χ0n) is 15.0. The molecule has 2 aliphatic rings. The molecule has 3 aromatic rings. The van der Waals surface area contributed by atoms with Crippen molar-refractivity contribution in [1.82, 2.24) is 9.38 Å². The van der Waals surface area contributed by atoms with Gasteiger partial charge >= 0.3 is 0 Å². The molecule has 0 bridgehead atoms. The van der Waals surface area contributed by atoms with Gasteiger partial charge in [0.05, 0.1) is 23.4 Å². The first-order valence-electron chi connectivity index (χ1n) is 9.47. The number of anilines is 1. The molecule has 0 aliphatic heterocycles. The second-order valence-electron chi connectivity index (χ2n) is 7.73. The fourth-order valence-corrected chi connectivity index (χ4v) is 3.63. The summed E-state index contributed by atoms with van der Waals surface area (Å²) in [6.07, 6.45) is 6.68. The van der Waals surface area contributed by atoms with E-state index in [4.69, 9.17) is 0 Å². The van der Waals surface area contributed by atoms with E-state index in [-0.39, 0.29) is 11.3 Å². The van der Waals surface area contributed by atoms with Gasteiger partial charge < -0.3 is 5.32 Å². The normalized spacial score (nSPS) is 17.4. The van der Waals surface area contributed by atoms with Crippen molar-refractivity contribution in [3.05, 3.63) is 54.2 Å². The molecule has 1 amide bonds. The van der Waals surface area contributed by atoms with E-state index >= 15 is 0 Å². The van der Waals surface area contributed by atoms with E-state index in [2.05, 4.69) is 40.6 Å². The maximum absolute atomic E-state index is 12.1. The van der Waals surface area contributed by atoms with E-state index in [1.54, 1.807) is 0 Å². The number of hydrogen-bond donors (Lipinski definition) is 1. The van der Waals surface area contributed by atoms with E-state index < -0.39 is 0 Å². The average molecular weight is 356 g/mol. The predicted molar refractivity (Wildman–Crippen MR) is 103 cm³/mol. The van der Waals surface area contributed by atoms with Crippen LogP contribution in [0.15, 0.2) is 48.7 Å². The van der Waals surface area contributed by atoms with Crippen LogP contribution in [-0.2, 0) is 10.2 Å². The maximum atomic E-state index is 12.1. The number of pyridine rings is 1. The minimum atomic E-state index is -0.265. The molecule has 0 radical (unpaired) electrons. The van der Waals surface area contributed by atoms with Crippen LogP contribution < -0.4 is 5.32 Å². The Morgan fingerprint density at radius 3 is 2.67 bits per heavy atom. The highest BCUT2D eigenvalue weighted by Crippen LogP contribution is 2.47. The van der Waals surface area contributed by atoms with Crippen molar-refractivity contribution < 1.29 is 4.79 Å². The van der Waals surface area contributed by atoms with Gasteiger partial charge in [0.2, 0.25) is 5.91 Å².